The average molecular weight is 298 g/mol. The lowest BCUT2D eigenvalue weighted by Gasteiger charge is -2.28. The van der Waals surface area contributed by atoms with E-state index in [1.54, 1.807) is 7.11 Å². The summed E-state index contributed by atoms with van der Waals surface area (Å²) in [5.41, 5.74) is 3.82. The summed E-state index contributed by atoms with van der Waals surface area (Å²) in [7, 11) is 3.73. The second kappa shape index (κ2) is 6.26. The molecule has 0 spiro atoms. The van der Waals surface area contributed by atoms with E-state index >= 15 is 0 Å². The van der Waals surface area contributed by atoms with Gasteiger partial charge in [0.15, 0.2) is 0 Å². The van der Waals surface area contributed by atoms with E-state index in [0.717, 1.165) is 31.7 Å². The zero-order chi connectivity index (χ0) is 15.5. The summed E-state index contributed by atoms with van der Waals surface area (Å²) >= 11 is 0. The Hall–Kier alpha value is -2.23. The molecule has 0 bridgehead atoms. The van der Waals surface area contributed by atoms with E-state index in [9.17, 15) is 4.79 Å². The number of hydrogen-bond donors (Lipinski definition) is 0. The van der Waals surface area contributed by atoms with Crippen LogP contribution in [-0.2, 0) is 31.2 Å². The van der Waals surface area contributed by atoms with Crippen molar-refractivity contribution in [2.45, 2.75) is 25.8 Å². The van der Waals surface area contributed by atoms with Crippen LogP contribution in [0.5, 0.6) is 5.75 Å². The van der Waals surface area contributed by atoms with E-state index in [-0.39, 0.29) is 5.91 Å². The zero-order valence-corrected chi connectivity index (χ0v) is 13.2. The van der Waals surface area contributed by atoms with Gasteiger partial charge in [0.2, 0.25) is 5.91 Å². The summed E-state index contributed by atoms with van der Waals surface area (Å²) in [4.78, 5) is 14.4. The van der Waals surface area contributed by atoms with Crippen LogP contribution >= 0.6 is 0 Å². The van der Waals surface area contributed by atoms with Crippen molar-refractivity contribution in [3.63, 3.8) is 0 Å². The van der Waals surface area contributed by atoms with E-state index in [1.807, 2.05) is 29.2 Å². The van der Waals surface area contributed by atoms with Gasteiger partial charge in [0, 0.05) is 44.9 Å². The number of rotatable bonds is 4. The minimum atomic E-state index is 0.241. The Bertz CT molecular complexity index is 658. The minimum absolute atomic E-state index is 0.241. The summed E-state index contributed by atoms with van der Waals surface area (Å²) in [5.74, 6) is 1.09. The molecule has 2 aromatic rings. The molecule has 22 heavy (non-hydrogen) atoms. The van der Waals surface area contributed by atoms with Crippen LogP contribution in [0.1, 0.15) is 23.2 Å². The minimum Gasteiger partial charge on any atom is -0.497 e. The number of aromatic nitrogens is 1. The number of hydrogen-bond acceptors (Lipinski definition) is 2. The average Bonchev–Trinajstić information content (AvgIpc) is 2.93. The first-order valence-electron chi connectivity index (χ1n) is 7.71. The molecule has 1 aliphatic heterocycles. The second-order valence-electron chi connectivity index (χ2n) is 5.81. The molecule has 0 saturated heterocycles. The van der Waals surface area contributed by atoms with Gasteiger partial charge >= 0.3 is 0 Å². The largest absolute Gasteiger partial charge is 0.497 e. The molecule has 0 radical (unpaired) electrons. The number of methoxy groups -OCH3 is 1. The summed E-state index contributed by atoms with van der Waals surface area (Å²) in [5, 5.41) is 0. The Labute approximate surface area is 131 Å². The molecule has 1 aromatic heterocycles. The normalized spacial score (nSPS) is 13.8. The first kappa shape index (κ1) is 14.7. The van der Waals surface area contributed by atoms with Gasteiger partial charge in [0.05, 0.1) is 7.11 Å². The number of benzene rings is 1. The highest BCUT2D eigenvalue weighted by molar-refractivity contribution is 5.76. The summed E-state index contributed by atoms with van der Waals surface area (Å²) < 4.78 is 7.31. The van der Waals surface area contributed by atoms with Crippen LogP contribution in [-0.4, -0.2) is 29.0 Å². The lowest BCUT2D eigenvalue weighted by Crippen LogP contribution is -2.36. The maximum absolute atomic E-state index is 12.4. The van der Waals surface area contributed by atoms with Crippen molar-refractivity contribution in [2.75, 3.05) is 13.7 Å². The Morgan fingerprint density at radius 2 is 2.00 bits per heavy atom. The molecule has 4 nitrogen and oxygen atoms in total. The topological polar surface area (TPSA) is 34.5 Å². The first-order chi connectivity index (χ1) is 10.7. The fourth-order valence-corrected chi connectivity index (χ4v) is 3.04. The van der Waals surface area contributed by atoms with E-state index < -0.39 is 0 Å². The van der Waals surface area contributed by atoms with E-state index in [2.05, 4.69) is 23.9 Å². The van der Waals surface area contributed by atoms with Crippen molar-refractivity contribution < 1.29 is 9.53 Å². The molecule has 1 aliphatic rings. The highest BCUT2D eigenvalue weighted by Gasteiger charge is 2.21. The molecule has 0 fully saturated rings. The number of carbonyl (C=O) groups is 1. The van der Waals surface area contributed by atoms with Crippen molar-refractivity contribution >= 4 is 5.91 Å². The van der Waals surface area contributed by atoms with Gasteiger partial charge in [-0.2, -0.15) is 0 Å². The maximum Gasteiger partial charge on any atom is 0.223 e. The van der Waals surface area contributed by atoms with Gasteiger partial charge in [-0.3, -0.25) is 4.79 Å². The monoisotopic (exact) mass is 298 g/mol. The van der Waals surface area contributed by atoms with Crippen molar-refractivity contribution in [1.82, 2.24) is 9.47 Å². The van der Waals surface area contributed by atoms with Crippen LogP contribution in [0.3, 0.4) is 0 Å². The molecule has 0 N–H and O–H groups in total. The predicted molar refractivity (Wildman–Crippen MR) is 85.8 cm³/mol. The van der Waals surface area contributed by atoms with Gasteiger partial charge in [-0.25, -0.2) is 0 Å². The molecule has 4 heteroatoms. The second-order valence-corrected chi connectivity index (χ2v) is 5.81. The van der Waals surface area contributed by atoms with Gasteiger partial charge in [0.1, 0.15) is 5.75 Å². The lowest BCUT2D eigenvalue weighted by atomic mass is 10.1. The number of amides is 1. The Kier molecular flexibility index (Phi) is 4.18. The van der Waals surface area contributed by atoms with Crippen molar-refractivity contribution in [3.05, 3.63) is 53.3 Å². The highest BCUT2D eigenvalue weighted by Crippen LogP contribution is 2.20. The summed E-state index contributed by atoms with van der Waals surface area (Å²) in [6.07, 6.45) is 4.37. The summed E-state index contributed by atoms with van der Waals surface area (Å²) in [6, 6.07) is 10.1. The maximum atomic E-state index is 12.4. The van der Waals surface area contributed by atoms with Gasteiger partial charge in [-0.05, 0) is 35.7 Å². The third-order valence-corrected chi connectivity index (χ3v) is 4.41. The van der Waals surface area contributed by atoms with Gasteiger partial charge < -0.3 is 14.2 Å². The van der Waals surface area contributed by atoms with Gasteiger partial charge in [-0.1, -0.05) is 12.1 Å². The molecular weight excluding hydrogens is 276 g/mol. The third-order valence-electron chi connectivity index (χ3n) is 4.41. The first-order valence-corrected chi connectivity index (χ1v) is 7.71. The number of aryl methyl sites for hydroxylation is 2. The molecule has 0 saturated carbocycles. The molecule has 0 aliphatic carbocycles. The standard InChI is InChI=1S/C18H22N2O2/c1-19-11-9-15-13-20(12-10-17(15)19)18(21)8-5-14-3-6-16(22-2)7-4-14/h3-4,6-7,9,11H,5,8,10,12-13H2,1-2H3. The molecule has 0 atom stereocenters. The molecule has 0 unspecified atom stereocenters. The molecule has 1 aromatic carbocycles. The van der Waals surface area contributed by atoms with Crippen LogP contribution in [0.2, 0.25) is 0 Å². The molecule has 1 amide bonds. The number of nitrogens with zero attached hydrogens (tertiary/aromatic N) is 2. The van der Waals surface area contributed by atoms with E-state index in [0.29, 0.717) is 6.42 Å². The van der Waals surface area contributed by atoms with Crippen molar-refractivity contribution in [2.24, 2.45) is 7.05 Å². The zero-order valence-electron chi connectivity index (χ0n) is 13.2. The van der Waals surface area contributed by atoms with Crippen LogP contribution in [0.15, 0.2) is 36.5 Å². The van der Waals surface area contributed by atoms with Gasteiger partial charge in [-0.15, -0.1) is 0 Å². The van der Waals surface area contributed by atoms with Crippen molar-refractivity contribution in [1.29, 1.82) is 0 Å². The smallest absolute Gasteiger partial charge is 0.223 e. The summed E-state index contributed by atoms with van der Waals surface area (Å²) in [6.45, 7) is 1.57. The number of fused-ring (bicyclic) bond motifs is 1. The highest BCUT2D eigenvalue weighted by atomic mass is 16.5. The predicted octanol–water partition coefficient (Wildman–Crippen LogP) is 2.55. The van der Waals surface area contributed by atoms with E-state index in [1.165, 1.54) is 16.8 Å². The van der Waals surface area contributed by atoms with Crippen molar-refractivity contribution in [3.8, 4) is 5.75 Å². The fourth-order valence-electron chi connectivity index (χ4n) is 3.04. The molecule has 3 rings (SSSR count). The van der Waals surface area contributed by atoms with Crippen LogP contribution in [0.4, 0.5) is 0 Å². The Morgan fingerprint density at radius 1 is 1.23 bits per heavy atom. The SMILES string of the molecule is COc1ccc(CCC(=O)N2CCc3c(ccn3C)C2)cc1. The number of carbonyl (C=O) groups excluding carboxylic acids is 1. The van der Waals surface area contributed by atoms with Crippen LogP contribution < -0.4 is 4.74 Å². The molecule has 116 valence electrons. The van der Waals surface area contributed by atoms with E-state index in [4.69, 9.17) is 4.74 Å². The van der Waals surface area contributed by atoms with Crippen LogP contribution in [0.25, 0.3) is 0 Å². The lowest BCUT2D eigenvalue weighted by molar-refractivity contribution is -0.132. The quantitative estimate of drug-likeness (QED) is 0.869. The third kappa shape index (κ3) is 3.01. The van der Waals surface area contributed by atoms with Gasteiger partial charge in [0.25, 0.3) is 0 Å². The molecule has 2 heterocycles. The Balaban J connectivity index is 1.56. The Morgan fingerprint density at radius 3 is 2.73 bits per heavy atom. The number of ether oxygens (including phenoxy) is 1. The fraction of sp³-hybridized carbons (Fsp3) is 0.389. The molecular formula is C18H22N2O2. The van der Waals surface area contributed by atoms with Crippen LogP contribution in [0, 0.1) is 0 Å².